The van der Waals surface area contributed by atoms with Crippen LogP contribution in [0.4, 0.5) is 5.13 Å². The maximum absolute atomic E-state index is 12.3. The van der Waals surface area contributed by atoms with Crippen molar-refractivity contribution >= 4 is 28.5 Å². The molecule has 2 heterocycles. The number of hydrogen-bond donors (Lipinski definition) is 1. The lowest BCUT2D eigenvalue weighted by atomic mass is 10.1. The number of nitriles is 1. The fraction of sp³-hybridized carbons (Fsp3) is 0.158. The quantitative estimate of drug-likeness (QED) is 0.553. The number of nitrogens with one attached hydrogen (secondary N) is 1. The summed E-state index contributed by atoms with van der Waals surface area (Å²) in [5.74, 6) is -0.502. The van der Waals surface area contributed by atoms with Gasteiger partial charge in [0.2, 0.25) is 5.13 Å². The molecule has 7 heteroatoms. The Hall–Kier alpha value is -3.24. The van der Waals surface area contributed by atoms with Gasteiger partial charge in [0, 0.05) is 11.9 Å². The lowest BCUT2D eigenvalue weighted by Crippen LogP contribution is -2.13. The molecule has 0 saturated heterocycles. The standard InChI is InChI=1S/C19H17N5OS/c1-3-14-7-4-6-13(2)17(14)24-9-5-8-16(24)10-15(11-20)18(25)22-19-23-21-12-26-19/h4-10,12H,3H2,1-2H3,(H,22,23,25)/b15-10-. The molecule has 1 N–H and O–H groups in total. The van der Waals surface area contributed by atoms with Gasteiger partial charge in [-0.05, 0) is 42.7 Å². The van der Waals surface area contributed by atoms with Crippen LogP contribution in [0.1, 0.15) is 23.7 Å². The minimum Gasteiger partial charge on any atom is -0.317 e. The van der Waals surface area contributed by atoms with Crippen molar-refractivity contribution in [1.29, 1.82) is 5.26 Å². The summed E-state index contributed by atoms with van der Waals surface area (Å²) in [6.07, 6.45) is 4.41. The molecule has 3 aromatic rings. The number of amides is 1. The van der Waals surface area contributed by atoms with Crippen LogP contribution in [-0.4, -0.2) is 20.7 Å². The van der Waals surface area contributed by atoms with Gasteiger partial charge in [-0.2, -0.15) is 5.26 Å². The van der Waals surface area contributed by atoms with E-state index in [-0.39, 0.29) is 5.57 Å². The predicted octanol–water partition coefficient (Wildman–Crippen LogP) is 3.75. The maximum atomic E-state index is 12.3. The highest BCUT2D eigenvalue weighted by Crippen LogP contribution is 2.24. The minimum atomic E-state index is -0.502. The highest BCUT2D eigenvalue weighted by atomic mass is 32.1. The Morgan fingerprint density at radius 1 is 1.38 bits per heavy atom. The fourth-order valence-corrected chi connectivity index (χ4v) is 3.19. The molecule has 130 valence electrons. The van der Waals surface area contributed by atoms with Crippen molar-refractivity contribution in [3.8, 4) is 11.8 Å². The van der Waals surface area contributed by atoms with Crippen LogP contribution in [0, 0.1) is 18.3 Å². The summed E-state index contributed by atoms with van der Waals surface area (Å²) >= 11 is 1.20. The van der Waals surface area contributed by atoms with E-state index in [1.54, 1.807) is 6.08 Å². The van der Waals surface area contributed by atoms with Gasteiger partial charge in [-0.1, -0.05) is 36.5 Å². The molecule has 0 saturated carbocycles. The van der Waals surface area contributed by atoms with Crippen LogP contribution in [0.15, 0.2) is 47.6 Å². The second-order valence-electron chi connectivity index (χ2n) is 5.61. The van der Waals surface area contributed by atoms with Crippen LogP contribution in [0.3, 0.4) is 0 Å². The van der Waals surface area contributed by atoms with Gasteiger partial charge in [0.1, 0.15) is 17.2 Å². The van der Waals surface area contributed by atoms with E-state index in [9.17, 15) is 10.1 Å². The number of carbonyl (C=O) groups excluding carboxylic acids is 1. The molecule has 0 aliphatic rings. The van der Waals surface area contributed by atoms with E-state index in [2.05, 4.69) is 41.5 Å². The normalized spacial score (nSPS) is 11.2. The molecule has 1 aromatic carbocycles. The van der Waals surface area contributed by atoms with Crippen molar-refractivity contribution in [3.05, 3.63) is 64.4 Å². The van der Waals surface area contributed by atoms with E-state index in [1.807, 2.05) is 35.0 Å². The zero-order valence-electron chi connectivity index (χ0n) is 14.4. The number of para-hydroxylation sites is 1. The van der Waals surface area contributed by atoms with Crippen LogP contribution in [0.5, 0.6) is 0 Å². The van der Waals surface area contributed by atoms with Gasteiger partial charge in [0.05, 0.1) is 5.69 Å². The number of carbonyl (C=O) groups is 1. The largest absolute Gasteiger partial charge is 0.317 e. The third kappa shape index (κ3) is 3.55. The van der Waals surface area contributed by atoms with E-state index >= 15 is 0 Å². The molecule has 0 fully saturated rings. The van der Waals surface area contributed by atoms with Gasteiger partial charge in [-0.15, -0.1) is 10.2 Å². The molecule has 0 bridgehead atoms. The third-order valence-corrected chi connectivity index (χ3v) is 4.57. The maximum Gasteiger partial charge on any atom is 0.268 e. The van der Waals surface area contributed by atoms with Crippen LogP contribution < -0.4 is 5.32 Å². The van der Waals surface area contributed by atoms with Gasteiger partial charge in [-0.3, -0.25) is 10.1 Å². The first-order valence-electron chi connectivity index (χ1n) is 8.09. The van der Waals surface area contributed by atoms with Crippen LogP contribution in [0.2, 0.25) is 0 Å². The molecule has 0 atom stereocenters. The zero-order chi connectivity index (χ0) is 18.5. The molecular weight excluding hydrogens is 346 g/mol. The monoisotopic (exact) mass is 363 g/mol. The van der Waals surface area contributed by atoms with Gasteiger partial charge < -0.3 is 4.57 Å². The molecule has 6 nitrogen and oxygen atoms in total. The van der Waals surface area contributed by atoms with E-state index in [4.69, 9.17) is 0 Å². The summed E-state index contributed by atoms with van der Waals surface area (Å²) in [5.41, 5.74) is 5.69. The van der Waals surface area contributed by atoms with Gasteiger partial charge in [0.15, 0.2) is 0 Å². The minimum absolute atomic E-state index is 0.00628. The predicted molar refractivity (Wildman–Crippen MR) is 102 cm³/mol. The molecule has 1 amide bonds. The smallest absolute Gasteiger partial charge is 0.268 e. The summed E-state index contributed by atoms with van der Waals surface area (Å²) in [4.78, 5) is 12.3. The average Bonchev–Trinajstić information content (AvgIpc) is 3.31. The van der Waals surface area contributed by atoms with E-state index in [1.165, 1.54) is 22.4 Å². The number of rotatable bonds is 5. The van der Waals surface area contributed by atoms with Crippen molar-refractivity contribution in [2.45, 2.75) is 20.3 Å². The van der Waals surface area contributed by atoms with Crippen LogP contribution in [0.25, 0.3) is 11.8 Å². The molecule has 0 aliphatic heterocycles. The van der Waals surface area contributed by atoms with Crippen LogP contribution >= 0.6 is 11.3 Å². The third-order valence-electron chi connectivity index (χ3n) is 3.96. The lowest BCUT2D eigenvalue weighted by Gasteiger charge is -2.15. The average molecular weight is 363 g/mol. The second-order valence-corrected chi connectivity index (χ2v) is 6.44. The summed E-state index contributed by atoms with van der Waals surface area (Å²) in [6.45, 7) is 4.16. The lowest BCUT2D eigenvalue weighted by molar-refractivity contribution is -0.112. The number of nitrogens with zero attached hydrogens (tertiary/aromatic N) is 4. The van der Waals surface area contributed by atoms with Gasteiger partial charge in [0.25, 0.3) is 5.91 Å². The fourth-order valence-electron chi connectivity index (χ4n) is 2.75. The topological polar surface area (TPSA) is 83.6 Å². The molecule has 0 unspecified atom stereocenters. The first kappa shape index (κ1) is 17.6. The first-order valence-corrected chi connectivity index (χ1v) is 8.97. The van der Waals surface area contributed by atoms with Crippen molar-refractivity contribution in [2.24, 2.45) is 0 Å². The molecule has 26 heavy (non-hydrogen) atoms. The highest BCUT2D eigenvalue weighted by Gasteiger charge is 2.14. The molecular formula is C19H17N5OS. The summed E-state index contributed by atoms with van der Waals surface area (Å²) in [6, 6.07) is 11.9. The number of hydrogen-bond acceptors (Lipinski definition) is 5. The van der Waals surface area contributed by atoms with Crippen LogP contribution in [-0.2, 0) is 11.2 Å². The first-order chi connectivity index (χ1) is 12.6. The Morgan fingerprint density at radius 2 is 2.23 bits per heavy atom. The highest BCUT2D eigenvalue weighted by molar-refractivity contribution is 7.13. The Bertz CT molecular complexity index is 995. The van der Waals surface area contributed by atoms with Gasteiger partial charge in [-0.25, -0.2) is 0 Å². The molecule has 3 rings (SSSR count). The van der Waals surface area contributed by atoms with Crippen molar-refractivity contribution in [2.75, 3.05) is 5.32 Å². The summed E-state index contributed by atoms with van der Waals surface area (Å²) < 4.78 is 2.00. The number of anilines is 1. The summed E-state index contributed by atoms with van der Waals surface area (Å²) in [5, 5.41) is 19.8. The Kier molecular flexibility index (Phi) is 5.25. The zero-order valence-corrected chi connectivity index (χ0v) is 15.2. The molecule has 0 aliphatic carbocycles. The molecule has 0 radical (unpaired) electrons. The SMILES string of the molecule is CCc1cccc(C)c1-n1cccc1/C=C(/C#N)C(=O)Nc1nncs1. The van der Waals surface area contributed by atoms with E-state index < -0.39 is 5.91 Å². The Labute approximate surface area is 155 Å². The molecule has 0 spiro atoms. The second kappa shape index (κ2) is 7.76. The Balaban J connectivity index is 1.99. The number of aryl methyl sites for hydroxylation is 2. The van der Waals surface area contributed by atoms with Gasteiger partial charge >= 0.3 is 0 Å². The molecule has 2 aromatic heterocycles. The van der Waals surface area contributed by atoms with Crippen molar-refractivity contribution in [1.82, 2.24) is 14.8 Å². The van der Waals surface area contributed by atoms with E-state index in [0.717, 1.165) is 23.4 Å². The van der Waals surface area contributed by atoms with Crippen molar-refractivity contribution in [3.63, 3.8) is 0 Å². The van der Waals surface area contributed by atoms with Crippen molar-refractivity contribution < 1.29 is 4.79 Å². The summed E-state index contributed by atoms with van der Waals surface area (Å²) in [7, 11) is 0. The number of benzene rings is 1. The van der Waals surface area contributed by atoms with E-state index in [0.29, 0.717) is 5.13 Å². The Morgan fingerprint density at radius 3 is 2.92 bits per heavy atom. The number of aromatic nitrogens is 3.